The van der Waals surface area contributed by atoms with Crippen LogP contribution in [0.15, 0.2) is 72.8 Å². The third-order valence-corrected chi connectivity index (χ3v) is 9.49. The van der Waals surface area contributed by atoms with Crippen LogP contribution in [0.5, 0.6) is 0 Å². The summed E-state index contributed by atoms with van der Waals surface area (Å²) >= 11 is 0. The maximum atomic E-state index is 13.5. The van der Waals surface area contributed by atoms with E-state index >= 15 is 0 Å². The lowest BCUT2D eigenvalue weighted by molar-refractivity contribution is 0.0430. The first-order valence-electron chi connectivity index (χ1n) is 15.7. The van der Waals surface area contributed by atoms with Crippen LogP contribution in [-0.4, -0.2) is 94.6 Å². The first-order valence-corrected chi connectivity index (χ1v) is 15.7. The largest absolute Gasteiger partial charge is 0.305 e. The molecule has 45 heavy (non-hydrogen) atoms. The minimum Gasteiger partial charge on any atom is -0.305 e. The van der Waals surface area contributed by atoms with Crippen LogP contribution < -0.4 is 0 Å². The van der Waals surface area contributed by atoms with Crippen molar-refractivity contribution < 1.29 is 19.2 Å². The Labute approximate surface area is 264 Å². The van der Waals surface area contributed by atoms with Crippen LogP contribution in [0.3, 0.4) is 0 Å². The number of imide groups is 2. The Bertz CT molecular complexity index is 1740. The third kappa shape index (κ3) is 5.42. The molecule has 0 atom stereocenters. The van der Waals surface area contributed by atoms with Gasteiger partial charge in [-0.2, -0.15) is 0 Å². The van der Waals surface area contributed by atoms with Crippen molar-refractivity contribution in [2.75, 3.05) is 39.8 Å². The van der Waals surface area contributed by atoms with Crippen LogP contribution in [0, 0.1) is 0 Å². The number of rotatable bonds is 11. The average molecular weight is 605 g/mol. The zero-order valence-electron chi connectivity index (χ0n) is 26.7. The molecule has 4 aromatic carbocycles. The van der Waals surface area contributed by atoms with Crippen LogP contribution in [0.2, 0.25) is 0 Å². The molecular weight excluding hydrogens is 564 g/mol. The molecule has 232 valence electrons. The second kappa shape index (κ2) is 11.8. The Morgan fingerprint density at radius 1 is 0.600 bits per heavy atom. The van der Waals surface area contributed by atoms with Gasteiger partial charge in [-0.1, -0.05) is 48.5 Å². The summed E-state index contributed by atoms with van der Waals surface area (Å²) in [6.45, 7) is 11.1. The van der Waals surface area contributed by atoms with E-state index in [4.69, 9.17) is 0 Å². The van der Waals surface area contributed by atoms with E-state index in [1.54, 1.807) is 24.3 Å². The van der Waals surface area contributed by atoms with Crippen molar-refractivity contribution in [2.45, 2.75) is 45.7 Å². The van der Waals surface area contributed by atoms with Gasteiger partial charge in [-0.3, -0.25) is 33.9 Å². The minimum absolute atomic E-state index is 0.183. The normalized spacial score (nSPS) is 15.1. The van der Waals surface area contributed by atoms with Gasteiger partial charge in [-0.05, 0) is 82.7 Å². The van der Waals surface area contributed by atoms with Gasteiger partial charge in [0.1, 0.15) is 0 Å². The number of amides is 4. The zero-order valence-corrected chi connectivity index (χ0v) is 26.7. The van der Waals surface area contributed by atoms with Gasteiger partial charge in [0.15, 0.2) is 0 Å². The molecule has 4 aromatic rings. The summed E-state index contributed by atoms with van der Waals surface area (Å²) in [5.41, 5.74) is 2.05. The smallest absolute Gasteiger partial charge is 0.261 e. The number of hydrogen-bond donors (Lipinski definition) is 0. The van der Waals surface area contributed by atoms with Crippen molar-refractivity contribution in [3.8, 4) is 0 Å². The molecule has 0 fully saturated rings. The predicted molar refractivity (Wildman–Crippen MR) is 177 cm³/mol. The monoisotopic (exact) mass is 604 g/mol. The summed E-state index contributed by atoms with van der Waals surface area (Å²) in [6, 6.07) is 22.5. The fourth-order valence-corrected chi connectivity index (χ4v) is 7.03. The topological polar surface area (TPSA) is 81.2 Å². The molecule has 0 bridgehead atoms. The molecule has 8 nitrogen and oxygen atoms in total. The van der Waals surface area contributed by atoms with Crippen molar-refractivity contribution >= 4 is 45.2 Å². The van der Waals surface area contributed by atoms with Gasteiger partial charge in [0, 0.05) is 70.8 Å². The second-order valence-corrected chi connectivity index (χ2v) is 13.1. The zero-order chi connectivity index (χ0) is 32.0. The molecule has 0 saturated carbocycles. The summed E-state index contributed by atoms with van der Waals surface area (Å²) in [6.07, 6.45) is 0.815. The lowest BCUT2D eigenvalue weighted by atomic mass is 9.93. The van der Waals surface area contributed by atoms with E-state index < -0.39 is 0 Å². The van der Waals surface area contributed by atoms with E-state index in [1.165, 1.54) is 9.80 Å². The number of carbonyl (C=O) groups excluding carboxylic acids is 4. The molecule has 2 aliphatic heterocycles. The Morgan fingerprint density at radius 3 is 1.36 bits per heavy atom. The fourth-order valence-electron chi connectivity index (χ4n) is 7.03. The molecule has 8 heteroatoms. The number of likely N-dealkylation sites (N-methyl/N-ethyl adjacent to an activating group) is 1. The Kier molecular flexibility index (Phi) is 8.05. The van der Waals surface area contributed by atoms with Gasteiger partial charge in [0.05, 0.1) is 0 Å². The Balaban J connectivity index is 1.08. The summed E-state index contributed by atoms with van der Waals surface area (Å²) in [7, 11) is 2.01. The van der Waals surface area contributed by atoms with Crippen molar-refractivity contribution in [3.63, 3.8) is 0 Å². The second-order valence-electron chi connectivity index (χ2n) is 13.1. The molecular formula is C37H40N4O4. The van der Waals surface area contributed by atoms with E-state index in [1.807, 2.05) is 55.6 Å². The highest BCUT2D eigenvalue weighted by Crippen LogP contribution is 2.32. The summed E-state index contributed by atoms with van der Waals surface area (Å²) in [5, 5.41) is 3.28. The quantitative estimate of drug-likeness (QED) is 0.205. The first-order chi connectivity index (χ1) is 21.5. The highest BCUT2D eigenvalue weighted by molar-refractivity contribution is 6.26. The first kappa shape index (κ1) is 30.6. The third-order valence-electron chi connectivity index (χ3n) is 9.49. The number of carbonyl (C=O) groups is 4. The highest BCUT2D eigenvalue weighted by Gasteiger charge is 2.36. The van der Waals surface area contributed by atoms with E-state index in [2.05, 4.69) is 37.5 Å². The SMILES string of the molecule is CC(C)N(CCN1C(=O)c2cccc3cccc(c23)C1=O)C(C)(C)CCN(C)CCN1C(=O)c2cccc3cccc(c23)C1=O. The van der Waals surface area contributed by atoms with Crippen molar-refractivity contribution in [1.29, 1.82) is 0 Å². The van der Waals surface area contributed by atoms with Crippen molar-refractivity contribution in [3.05, 3.63) is 95.1 Å². The van der Waals surface area contributed by atoms with Crippen LogP contribution in [-0.2, 0) is 0 Å². The fraction of sp³-hybridized carbons (Fsp3) is 0.351. The van der Waals surface area contributed by atoms with Crippen LogP contribution >= 0.6 is 0 Å². The molecule has 6 rings (SSSR count). The van der Waals surface area contributed by atoms with Crippen LogP contribution in [0.4, 0.5) is 0 Å². The average Bonchev–Trinajstić information content (AvgIpc) is 3.02. The molecule has 0 saturated heterocycles. The standard InChI is InChI=1S/C37H40N4O4/c1-24(2)41(23-22-40-35(44)29-16-8-12-26-13-9-17-30(32(26)29)36(40)45)37(3,4)18-19-38(5)20-21-39-33(42)27-14-6-10-25-11-7-15-28(31(25)27)34(39)43/h6-17,24H,18-23H2,1-5H3. The predicted octanol–water partition coefficient (Wildman–Crippen LogP) is 5.70. The molecule has 2 heterocycles. The molecule has 0 radical (unpaired) electrons. The number of nitrogens with zero attached hydrogens (tertiary/aromatic N) is 4. The van der Waals surface area contributed by atoms with Gasteiger partial charge >= 0.3 is 0 Å². The van der Waals surface area contributed by atoms with Crippen LogP contribution in [0.25, 0.3) is 21.5 Å². The lowest BCUT2D eigenvalue weighted by Crippen LogP contribution is -2.53. The maximum absolute atomic E-state index is 13.5. The van der Waals surface area contributed by atoms with E-state index in [0.717, 1.165) is 34.5 Å². The minimum atomic E-state index is -0.246. The summed E-state index contributed by atoms with van der Waals surface area (Å²) < 4.78 is 0. The Morgan fingerprint density at radius 2 is 0.978 bits per heavy atom. The van der Waals surface area contributed by atoms with Gasteiger partial charge in [-0.15, -0.1) is 0 Å². The van der Waals surface area contributed by atoms with E-state index in [0.29, 0.717) is 48.4 Å². The molecule has 4 amide bonds. The number of hydrogen-bond acceptors (Lipinski definition) is 6. The molecule has 0 aromatic heterocycles. The van der Waals surface area contributed by atoms with E-state index in [9.17, 15) is 19.2 Å². The summed E-state index contributed by atoms with van der Waals surface area (Å²) in [5.74, 6) is -0.980. The van der Waals surface area contributed by atoms with Gasteiger partial charge in [0.2, 0.25) is 0 Å². The van der Waals surface area contributed by atoms with Gasteiger partial charge in [-0.25, -0.2) is 0 Å². The molecule has 0 N–H and O–H groups in total. The molecule has 0 spiro atoms. The van der Waals surface area contributed by atoms with Crippen molar-refractivity contribution in [1.82, 2.24) is 19.6 Å². The Hall–Kier alpha value is -4.40. The van der Waals surface area contributed by atoms with Gasteiger partial charge < -0.3 is 4.90 Å². The van der Waals surface area contributed by atoms with Crippen LogP contribution in [0.1, 0.15) is 75.5 Å². The summed E-state index contributed by atoms with van der Waals surface area (Å²) in [4.78, 5) is 60.8. The number of benzene rings is 4. The molecule has 2 aliphatic rings. The van der Waals surface area contributed by atoms with E-state index in [-0.39, 0.29) is 35.2 Å². The maximum Gasteiger partial charge on any atom is 0.261 e. The van der Waals surface area contributed by atoms with Crippen molar-refractivity contribution in [2.24, 2.45) is 0 Å². The molecule has 0 aliphatic carbocycles. The molecule has 0 unspecified atom stereocenters. The van der Waals surface area contributed by atoms with Gasteiger partial charge in [0.25, 0.3) is 23.6 Å². The lowest BCUT2D eigenvalue weighted by Gasteiger charge is -2.43. The highest BCUT2D eigenvalue weighted by atomic mass is 16.2.